The summed E-state index contributed by atoms with van der Waals surface area (Å²) in [6.07, 6.45) is 0. The van der Waals surface area contributed by atoms with Gasteiger partial charge in [0.2, 0.25) is 11.8 Å². The molecule has 6 rings (SSSR count). The number of benzene rings is 3. The fourth-order valence-corrected chi connectivity index (χ4v) is 7.88. The van der Waals surface area contributed by atoms with Crippen molar-refractivity contribution in [2.75, 3.05) is 4.90 Å². The molecule has 1 N–H and O–H groups in total. The number of rotatable bonds is 5. The molecule has 3 aromatic carbocycles. The van der Waals surface area contributed by atoms with Crippen LogP contribution in [0.15, 0.2) is 76.6 Å². The van der Waals surface area contributed by atoms with Crippen molar-refractivity contribution in [3.8, 4) is 5.75 Å². The third-order valence-electron chi connectivity index (χ3n) is 6.71. The molecule has 3 atom stereocenters. The number of aryl methyl sites for hydroxylation is 1. The first kappa shape index (κ1) is 25.2. The molecule has 0 aliphatic carbocycles. The second kappa shape index (κ2) is 9.93. The highest BCUT2D eigenvalue weighted by atomic mass is 35.5. The molecule has 0 saturated carbocycles. The summed E-state index contributed by atoms with van der Waals surface area (Å²) in [5, 5.41) is 0.953. The van der Waals surface area contributed by atoms with Gasteiger partial charge in [0, 0.05) is 26.4 Å². The third kappa shape index (κ3) is 4.45. The van der Waals surface area contributed by atoms with Gasteiger partial charge in [0.25, 0.3) is 0 Å². The number of imide groups is 1. The van der Waals surface area contributed by atoms with Crippen molar-refractivity contribution in [1.82, 2.24) is 4.98 Å². The van der Waals surface area contributed by atoms with E-state index in [1.807, 2.05) is 37.3 Å². The molecule has 10 heteroatoms. The van der Waals surface area contributed by atoms with Crippen molar-refractivity contribution in [3.05, 3.63) is 108 Å². The van der Waals surface area contributed by atoms with Gasteiger partial charge in [-0.05, 0) is 55.0 Å². The van der Waals surface area contributed by atoms with Crippen LogP contribution in [0.3, 0.4) is 0 Å². The lowest BCUT2D eigenvalue weighted by molar-refractivity contribution is -0.122. The lowest BCUT2D eigenvalue weighted by Crippen LogP contribution is -2.32. The number of nitrogens with one attached hydrogen (secondary N) is 1. The molecule has 2 aliphatic heterocycles. The minimum absolute atomic E-state index is 0.239. The highest BCUT2D eigenvalue weighted by Crippen LogP contribution is 2.54. The molecule has 0 unspecified atom stereocenters. The van der Waals surface area contributed by atoms with Gasteiger partial charge in [-0.2, -0.15) is 0 Å². The van der Waals surface area contributed by atoms with E-state index in [4.69, 9.17) is 27.9 Å². The number of thiazole rings is 1. The smallest absolute Gasteiger partial charge is 0.305 e. The van der Waals surface area contributed by atoms with E-state index in [2.05, 4.69) is 4.98 Å². The van der Waals surface area contributed by atoms with Crippen LogP contribution in [0.4, 0.5) is 5.69 Å². The van der Waals surface area contributed by atoms with Crippen LogP contribution in [0.25, 0.3) is 0 Å². The second-order valence-corrected chi connectivity index (χ2v) is 12.2. The first-order chi connectivity index (χ1) is 18.3. The number of amides is 2. The molecule has 1 saturated heterocycles. The third-order valence-corrected chi connectivity index (χ3v) is 9.58. The predicted octanol–water partition coefficient (Wildman–Crippen LogP) is 6.43. The van der Waals surface area contributed by atoms with Gasteiger partial charge in [-0.1, -0.05) is 76.1 Å². The molecule has 38 heavy (non-hydrogen) atoms. The van der Waals surface area contributed by atoms with Crippen molar-refractivity contribution in [2.45, 2.75) is 29.7 Å². The van der Waals surface area contributed by atoms with Crippen LogP contribution in [-0.2, 0) is 16.2 Å². The Morgan fingerprint density at radius 2 is 1.71 bits per heavy atom. The SMILES string of the molecule is Cc1ccc(N2C(=O)[C@H]3[C@H](c4cc(Cl)ccc4OCc4cccc(Cl)c4)c4sc(=O)[nH]c4S[C@H]3C2=O)cc1. The van der Waals surface area contributed by atoms with E-state index >= 15 is 0 Å². The quantitative estimate of drug-likeness (QED) is 0.274. The molecule has 0 spiro atoms. The van der Waals surface area contributed by atoms with Crippen LogP contribution in [0.5, 0.6) is 5.75 Å². The normalized spacial score (nSPS) is 20.4. The lowest BCUT2D eigenvalue weighted by atomic mass is 9.82. The number of H-pyrrole nitrogens is 1. The Bertz CT molecular complexity index is 1630. The van der Waals surface area contributed by atoms with Gasteiger partial charge < -0.3 is 9.72 Å². The summed E-state index contributed by atoms with van der Waals surface area (Å²) in [6.45, 7) is 2.19. The van der Waals surface area contributed by atoms with Crippen molar-refractivity contribution in [1.29, 1.82) is 0 Å². The van der Waals surface area contributed by atoms with Gasteiger partial charge in [-0.3, -0.25) is 14.4 Å². The summed E-state index contributed by atoms with van der Waals surface area (Å²) in [7, 11) is 0. The molecule has 192 valence electrons. The van der Waals surface area contributed by atoms with Gasteiger partial charge >= 0.3 is 4.87 Å². The summed E-state index contributed by atoms with van der Waals surface area (Å²) in [6, 6.07) is 19.9. The molecule has 0 bridgehead atoms. The fourth-order valence-electron chi connectivity index (χ4n) is 4.98. The van der Waals surface area contributed by atoms with Crippen LogP contribution in [0.2, 0.25) is 10.0 Å². The van der Waals surface area contributed by atoms with Crippen LogP contribution in [-0.4, -0.2) is 22.0 Å². The lowest BCUT2D eigenvalue weighted by Gasteiger charge is -2.31. The van der Waals surface area contributed by atoms with Crippen molar-refractivity contribution >= 4 is 63.8 Å². The average Bonchev–Trinajstić information content (AvgIpc) is 3.38. The van der Waals surface area contributed by atoms with Gasteiger partial charge in [-0.15, -0.1) is 0 Å². The number of thioether (sulfide) groups is 1. The minimum atomic E-state index is -0.736. The zero-order chi connectivity index (χ0) is 26.6. The molecule has 0 radical (unpaired) electrons. The Morgan fingerprint density at radius 1 is 0.947 bits per heavy atom. The van der Waals surface area contributed by atoms with E-state index in [0.29, 0.717) is 36.9 Å². The molecule has 2 aliphatic rings. The maximum absolute atomic E-state index is 14.0. The Hall–Kier alpha value is -3.04. The molecular formula is C28H20Cl2N2O4S2. The summed E-state index contributed by atoms with van der Waals surface area (Å²) in [5.41, 5.74) is 3.08. The highest BCUT2D eigenvalue weighted by Gasteiger charge is 2.56. The number of nitrogens with zero attached hydrogens (tertiary/aromatic N) is 1. The summed E-state index contributed by atoms with van der Waals surface area (Å²) in [4.78, 5) is 44.6. The summed E-state index contributed by atoms with van der Waals surface area (Å²) in [5.74, 6) is -1.43. The van der Waals surface area contributed by atoms with E-state index in [9.17, 15) is 14.4 Å². The zero-order valence-corrected chi connectivity index (χ0v) is 23.1. The van der Waals surface area contributed by atoms with Crippen LogP contribution in [0, 0.1) is 12.8 Å². The summed E-state index contributed by atoms with van der Waals surface area (Å²) < 4.78 is 6.23. The van der Waals surface area contributed by atoms with Gasteiger partial charge in [0.15, 0.2) is 0 Å². The Balaban J connectivity index is 1.45. The van der Waals surface area contributed by atoms with Crippen LogP contribution >= 0.6 is 46.3 Å². The number of carbonyl (C=O) groups is 2. The topological polar surface area (TPSA) is 79.5 Å². The van der Waals surface area contributed by atoms with Crippen molar-refractivity contribution < 1.29 is 14.3 Å². The van der Waals surface area contributed by atoms with E-state index in [1.54, 1.807) is 36.4 Å². The van der Waals surface area contributed by atoms with E-state index < -0.39 is 17.1 Å². The molecule has 2 amide bonds. The zero-order valence-electron chi connectivity index (χ0n) is 19.9. The van der Waals surface area contributed by atoms with Crippen molar-refractivity contribution in [2.24, 2.45) is 5.92 Å². The van der Waals surface area contributed by atoms with Crippen LogP contribution in [0.1, 0.15) is 27.5 Å². The number of anilines is 1. The molecule has 4 aromatic rings. The summed E-state index contributed by atoms with van der Waals surface area (Å²) >= 11 is 14.9. The number of aromatic nitrogens is 1. The number of carbonyl (C=O) groups excluding carboxylic acids is 2. The first-order valence-electron chi connectivity index (χ1n) is 11.8. The maximum Gasteiger partial charge on any atom is 0.305 e. The number of aromatic amines is 1. The standard InChI is InChI=1S/C28H20Cl2N2O4S2/c1-14-5-8-18(9-6-14)32-26(33)22-21(23-25(31-28(35)38-23)37-24(22)27(32)34)19-12-17(30)7-10-20(19)36-13-15-3-2-4-16(29)11-15/h2-12,21-22,24H,13H2,1H3,(H,31,35)/t21-,22-,24+/m0/s1. The number of halogens is 2. The highest BCUT2D eigenvalue weighted by molar-refractivity contribution is 8.00. The van der Waals surface area contributed by atoms with Gasteiger partial charge in [-0.25, -0.2) is 4.90 Å². The molecule has 3 heterocycles. The largest absolute Gasteiger partial charge is 0.489 e. The fraction of sp³-hybridized carbons (Fsp3) is 0.179. The Morgan fingerprint density at radius 3 is 2.47 bits per heavy atom. The first-order valence-corrected chi connectivity index (χ1v) is 14.3. The minimum Gasteiger partial charge on any atom is -0.489 e. The van der Waals surface area contributed by atoms with E-state index in [-0.39, 0.29) is 23.3 Å². The second-order valence-electron chi connectivity index (χ2n) is 9.20. The average molecular weight is 584 g/mol. The maximum atomic E-state index is 14.0. The molecule has 1 aromatic heterocycles. The molecule has 1 fully saturated rings. The monoisotopic (exact) mass is 582 g/mol. The Labute approximate surface area is 236 Å². The Kier molecular flexibility index (Phi) is 6.60. The predicted molar refractivity (Wildman–Crippen MR) is 151 cm³/mol. The van der Waals surface area contributed by atoms with E-state index in [0.717, 1.165) is 22.5 Å². The van der Waals surface area contributed by atoms with Crippen molar-refractivity contribution in [3.63, 3.8) is 0 Å². The van der Waals surface area contributed by atoms with Crippen LogP contribution < -0.4 is 14.5 Å². The van der Waals surface area contributed by atoms with E-state index in [1.165, 1.54) is 16.7 Å². The molecular weight excluding hydrogens is 563 g/mol. The number of hydrogen-bond acceptors (Lipinski definition) is 6. The van der Waals surface area contributed by atoms with Gasteiger partial charge in [0.05, 0.1) is 16.6 Å². The van der Waals surface area contributed by atoms with Gasteiger partial charge in [0.1, 0.15) is 17.6 Å². The number of ether oxygens (including phenoxy) is 1. The number of fused-ring (bicyclic) bond motifs is 2. The number of hydrogen-bond donors (Lipinski definition) is 1. The molecule has 6 nitrogen and oxygen atoms in total.